The van der Waals surface area contributed by atoms with Gasteiger partial charge in [0.05, 0.1) is 5.56 Å². The molecular formula is C25H32ClN3O5. The number of hydrogen-bond acceptors (Lipinski definition) is 6. The van der Waals surface area contributed by atoms with Crippen LogP contribution in [0, 0.1) is 0 Å². The fraction of sp³-hybridized carbons (Fsp3) is 0.400. The van der Waals surface area contributed by atoms with E-state index in [1.54, 1.807) is 36.2 Å². The van der Waals surface area contributed by atoms with Crippen LogP contribution < -0.4 is 15.5 Å². The molecule has 0 spiro atoms. The second-order valence-corrected chi connectivity index (χ2v) is 8.94. The van der Waals surface area contributed by atoms with Gasteiger partial charge in [0.25, 0.3) is 5.91 Å². The lowest BCUT2D eigenvalue weighted by Crippen LogP contribution is -2.39. The van der Waals surface area contributed by atoms with E-state index in [1.165, 1.54) is 7.11 Å². The Hall–Kier alpha value is -2.94. The third kappa shape index (κ3) is 6.56. The molecule has 2 aromatic rings. The number of halogens is 1. The Morgan fingerprint density at radius 2 is 1.79 bits per heavy atom. The molecule has 0 bridgehead atoms. The second kappa shape index (κ2) is 11.5. The summed E-state index contributed by atoms with van der Waals surface area (Å²) in [5, 5.41) is 6.16. The number of carbonyl (C=O) groups is 3. The van der Waals surface area contributed by atoms with Crippen LogP contribution in [-0.2, 0) is 25.5 Å². The molecule has 2 N–H and O–H groups in total. The summed E-state index contributed by atoms with van der Waals surface area (Å²) in [5.74, 6) is -0.789. The SMILES string of the molecule is COCC(=O)N(C)c1cccc2c1CCNC2C(=O)Nc1ccc(C(=O)OC(C)(C)C)cc1.Cl. The van der Waals surface area contributed by atoms with E-state index < -0.39 is 17.6 Å². The van der Waals surface area contributed by atoms with Crippen molar-refractivity contribution in [2.24, 2.45) is 0 Å². The lowest BCUT2D eigenvalue weighted by atomic mass is 9.91. The highest BCUT2D eigenvalue weighted by molar-refractivity contribution is 5.98. The molecule has 1 unspecified atom stereocenters. The maximum absolute atomic E-state index is 13.1. The minimum absolute atomic E-state index is 0. The third-order valence-electron chi connectivity index (χ3n) is 5.27. The van der Waals surface area contributed by atoms with Crippen molar-refractivity contribution in [3.05, 3.63) is 59.2 Å². The predicted molar refractivity (Wildman–Crippen MR) is 134 cm³/mol. The zero-order valence-electron chi connectivity index (χ0n) is 20.1. The van der Waals surface area contributed by atoms with E-state index in [1.807, 2.05) is 39.0 Å². The number of nitrogens with one attached hydrogen (secondary N) is 2. The average molecular weight is 490 g/mol. The number of hydrogen-bond donors (Lipinski definition) is 2. The third-order valence-corrected chi connectivity index (χ3v) is 5.27. The van der Waals surface area contributed by atoms with Crippen LogP contribution in [0.25, 0.3) is 0 Å². The number of fused-ring (bicyclic) bond motifs is 1. The number of amides is 2. The standard InChI is InChI=1S/C25H31N3O5.ClH/c1-25(2,3)33-24(31)16-9-11-17(12-10-16)27-23(30)22-19-7-6-8-20(18(19)13-14-26-22)28(4)21(29)15-32-5;/h6-12,22,26H,13-15H2,1-5H3,(H,27,30);1H. The minimum Gasteiger partial charge on any atom is -0.456 e. The van der Waals surface area contributed by atoms with Crippen LogP contribution in [0.1, 0.15) is 48.3 Å². The average Bonchev–Trinajstić information content (AvgIpc) is 2.77. The second-order valence-electron chi connectivity index (χ2n) is 8.94. The van der Waals surface area contributed by atoms with Gasteiger partial charge in [-0.05, 0) is 68.7 Å². The van der Waals surface area contributed by atoms with Crippen molar-refractivity contribution in [1.82, 2.24) is 5.32 Å². The van der Waals surface area contributed by atoms with Crippen molar-refractivity contribution in [2.75, 3.05) is 37.5 Å². The fourth-order valence-corrected chi connectivity index (χ4v) is 3.73. The molecule has 0 fully saturated rings. The van der Waals surface area contributed by atoms with Gasteiger partial charge in [0.2, 0.25) is 5.91 Å². The quantitative estimate of drug-likeness (QED) is 0.603. The lowest BCUT2D eigenvalue weighted by Gasteiger charge is -2.30. The van der Waals surface area contributed by atoms with Crippen molar-refractivity contribution in [1.29, 1.82) is 0 Å². The Kier molecular flexibility index (Phi) is 9.21. The molecule has 34 heavy (non-hydrogen) atoms. The number of benzene rings is 2. The van der Waals surface area contributed by atoms with Gasteiger partial charge in [-0.2, -0.15) is 0 Å². The summed E-state index contributed by atoms with van der Waals surface area (Å²) in [6.07, 6.45) is 0.699. The summed E-state index contributed by atoms with van der Waals surface area (Å²) in [6, 6.07) is 11.7. The maximum Gasteiger partial charge on any atom is 0.338 e. The number of anilines is 2. The van der Waals surface area contributed by atoms with Crippen LogP contribution in [0.2, 0.25) is 0 Å². The van der Waals surface area contributed by atoms with E-state index in [-0.39, 0.29) is 30.8 Å². The van der Waals surface area contributed by atoms with Gasteiger partial charge in [0.15, 0.2) is 0 Å². The summed E-state index contributed by atoms with van der Waals surface area (Å²) in [6.45, 7) is 6.02. The number of rotatable bonds is 6. The first-order valence-electron chi connectivity index (χ1n) is 10.9. The number of ether oxygens (including phenoxy) is 2. The van der Waals surface area contributed by atoms with E-state index >= 15 is 0 Å². The van der Waals surface area contributed by atoms with Gasteiger partial charge in [-0.25, -0.2) is 4.79 Å². The van der Waals surface area contributed by atoms with Crippen LogP contribution >= 0.6 is 12.4 Å². The molecule has 2 amide bonds. The van der Waals surface area contributed by atoms with Gasteiger partial charge < -0.3 is 25.0 Å². The van der Waals surface area contributed by atoms with Crippen LogP contribution in [0.4, 0.5) is 11.4 Å². The van der Waals surface area contributed by atoms with Gasteiger partial charge in [0, 0.05) is 32.1 Å². The van der Waals surface area contributed by atoms with Crippen LogP contribution in [0.5, 0.6) is 0 Å². The molecule has 8 nitrogen and oxygen atoms in total. The first kappa shape index (κ1) is 27.3. The first-order valence-corrected chi connectivity index (χ1v) is 10.9. The molecule has 0 saturated carbocycles. The van der Waals surface area contributed by atoms with E-state index in [9.17, 15) is 14.4 Å². The molecule has 1 aliphatic rings. The van der Waals surface area contributed by atoms with Crippen molar-refractivity contribution in [2.45, 2.75) is 38.8 Å². The number of methoxy groups -OCH3 is 1. The molecular weight excluding hydrogens is 458 g/mol. The van der Waals surface area contributed by atoms with Crippen LogP contribution in [0.3, 0.4) is 0 Å². The molecule has 1 aliphatic heterocycles. The van der Waals surface area contributed by atoms with E-state index in [4.69, 9.17) is 9.47 Å². The highest BCUT2D eigenvalue weighted by Gasteiger charge is 2.29. The molecule has 0 aromatic heterocycles. The molecule has 0 saturated heterocycles. The van der Waals surface area contributed by atoms with Gasteiger partial charge >= 0.3 is 5.97 Å². The Morgan fingerprint density at radius 1 is 1.12 bits per heavy atom. The smallest absolute Gasteiger partial charge is 0.338 e. The van der Waals surface area contributed by atoms with E-state index in [0.29, 0.717) is 24.2 Å². The first-order chi connectivity index (χ1) is 15.6. The minimum atomic E-state index is -0.578. The van der Waals surface area contributed by atoms with Crippen molar-refractivity contribution in [3.8, 4) is 0 Å². The largest absolute Gasteiger partial charge is 0.456 e. The zero-order valence-corrected chi connectivity index (χ0v) is 21.0. The van der Waals surface area contributed by atoms with E-state index in [0.717, 1.165) is 16.8 Å². The van der Waals surface area contributed by atoms with E-state index in [2.05, 4.69) is 10.6 Å². The summed E-state index contributed by atoms with van der Waals surface area (Å²) in [7, 11) is 3.19. The molecule has 2 aromatic carbocycles. The summed E-state index contributed by atoms with van der Waals surface area (Å²) >= 11 is 0. The molecule has 184 valence electrons. The number of likely N-dealkylation sites (N-methyl/N-ethyl adjacent to an activating group) is 1. The molecule has 9 heteroatoms. The van der Waals surface area contributed by atoms with Crippen LogP contribution in [-0.4, -0.2) is 50.7 Å². The molecule has 0 radical (unpaired) electrons. The van der Waals surface area contributed by atoms with Gasteiger partial charge in [-0.15, -0.1) is 12.4 Å². The predicted octanol–water partition coefficient (Wildman–Crippen LogP) is 3.50. The molecule has 0 aliphatic carbocycles. The number of nitrogens with zero attached hydrogens (tertiary/aromatic N) is 1. The number of esters is 1. The summed E-state index contributed by atoms with van der Waals surface area (Å²) in [4.78, 5) is 39.2. The molecule has 3 rings (SSSR count). The van der Waals surface area contributed by atoms with Crippen LogP contribution in [0.15, 0.2) is 42.5 Å². The van der Waals surface area contributed by atoms with Crippen molar-refractivity contribution in [3.63, 3.8) is 0 Å². The Morgan fingerprint density at radius 3 is 2.41 bits per heavy atom. The van der Waals surface area contributed by atoms with Gasteiger partial charge in [0.1, 0.15) is 18.2 Å². The number of carbonyl (C=O) groups excluding carboxylic acids is 3. The van der Waals surface area contributed by atoms with Gasteiger partial charge in [-0.3, -0.25) is 9.59 Å². The Balaban J connectivity index is 0.00000408. The monoisotopic (exact) mass is 489 g/mol. The summed E-state index contributed by atoms with van der Waals surface area (Å²) < 4.78 is 10.3. The Labute approximate surface area is 206 Å². The summed E-state index contributed by atoms with van der Waals surface area (Å²) in [5.41, 5.74) is 2.98. The molecule has 1 heterocycles. The topological polar surface area (TPSA) is 97.0 Å². The van der Waals surface area contributed by atoms with Crippen molar-refractivity contribution < 1.29 is 23.9 Å². The van der Waals surface area contributed by atoms with Crippen molar-refractivity contribution >= 4 is 41.6 Å². The Bertz CT molecular complexity index is 1030. The lowest BCUT2D eigenvalue weighted by molar-refractivity contribution is -0.121. The van der Waals surface area contributed by atoms with Gasteiger partial charge in [-0.1, -0.05) is 12.1 Å². The highest BCUT2D eigenvalue weighted by Crippen LogP contribution is 2.31. The normalized spacial score (nSPS) is 14.9. The zero-order chi connectivity index (χ0) is 24.2. The molecule has 1 atom stereocenters. The highest BCUT2D eigenvalue weighted by atomic mass is 35.5. The maximum atomic E-state index is 13.1. The fourth-order valence-electron chi connectivity index (χ4n) is 3.73.